The van der Waals surface area contributed by atoms with Crippen molar-refractivity contribution in [3.8, 4) is 11.5 Å². The number of hydrogen-bond donors (Lipinski definition) is 0. The predicted molar refractivity (Wildman–Crippen MR) is 123 cm³/mol. The summed E-state index contributed by atoms with van der Waals surface area (Å²) in [5.74, 6) is 1.80. The van der Waals surface area contributed by atoms with E-state index in [4.69, 9.17) is 9.47 Å². The maximum atomic E-state index is 6.38. The van der Waals surface area contributed by atoms with Crippen LogP contribution in [0, 0.1) is 0 Å². The Hall–Kier alpha value is -3.78. The lowest BCUT2D eigenvalue weighted by atomic mass is 10.0. The fourth-order valence-electron chi connectivity index (χ4n) is 3.82. The molecule has 0 bridgehead atoms. The van der Waals surface area contributed by atoms with E-state index in [0.717, 1.165) is 44.2 Å². The second kappa shape index (κ2) is 8.30. The maximum absolute atomic E-state index is 6.38. The molecule has 0 unspecified atom stereocenters. The topological polar surface area (TPSA) is 18.5 Å². The Morgan fingerprint density at radius 1 is 0.367 bits per heavy atom. The predicted octanol–water partition coefficient (Wildman–Crippen LogP) is 7.15. The molecule has 0 aromatic heterocycles. The molecular weight excluding hydrogens is 368 g/mol. The van der Waals surface area contributed by atoms with Crippen LogP contribution >= 0.6 is 0 Å². The van der Waals surface area contributed by atoms with E-state index in [2.05, 4.69) is 48.5 Å². The van der Waals surface area contributed by atoms with Crippen LogP contribution in [0.2, 0.25) is 0 Å². The highest BCUT2D eigenvalue weighted by atomic mass is 16.5. The van der Waals surface area contributed by atoms with Crippen molar-refractivity contribution >= 4 is 21.5 Å². The van der Waals surface area contributed by atoms with Gasteiger partial charge in [-0.05, 0) is 11.1 Å². The normalized spacial score (nSPS) is 10.9. The van der Waals surface area contributed by atoms with Gasteiger partial charge >= 0.3 is 0 Å². The number of benzene rings is 5. The van der Waals surface area contributed by atoms with Gasteiger partial charge in [0.25, 0.3) is 0 Å². The lowest BCUT2D eigenvalue weighted by Gasteiger charge is -2.18. The average molecular weight is 390 g/mol. The summed E-state index contributed by atoms with van der Waals surface area (Å²) < 4.78 is 12.8. The molecule has 0 amide bonds. The zero-order chi connectivity index (χ0) is 20.2. The Bertz CT molecular complexity index is 1120. The molecule has 0 spiro atoms. The van der Waals surface area contributed by atoms with Crippen LogP contribution in [0.5, 0.6) is 11.5 Å². The molecule has 2 heteroatoms. The van der Waals surface area contributed by atoms with E-state index < -0.39 is 0 Å². The molecule has 5 aromatic rings. The van der Waals surface area contributed by atoms with Gasteiger partial charge in [0, 0.05) is 21.5 Å². The molecule has 0 aliphatic rings. The van der Waals surface area contributed by atoms with Gasteiger partial charge in [0.05, 0.1) is 0 Å². The van der Waals surface area contributed by atoms with Crippen molar-refractivity contribution in [2.45, 2.75) is 13.2 Å². The third kappa shape index (κ3) is 3.60. The van der Waals surface area contributed by atoms with Crippen molar-refractivity contribution in [1.29, 1.82) is 0 Å². The van der Waals surface area contributed by atoms with Crippen molar-refractivity contribution in [3.05, 3.63) is 120 Å². The molecule has 0 heterocycles. The van der Waals surface area contributed by atoms with Gasteiger partial charge in [0.2, 0.25) is 0 Å². The maximum Gasteiger partial charge on any atom is 0.135 e. The third-order valence-corrected chi connectivity index (χ3v) is 5.28. The molecule has 0 fully saturated rings. The summed E-state index contributed by atoms with van der Waals surface area (Å²) in [5.41, 5.74) is 2.30. The van der Waals surface area contributed by atoms with Crippen LogP contribution in [-0.4, -0.2) is 0 Å². The first-order valence-electron chi connectivity index (χ1n) is 10.2. The van der Waals surface area contributed by atoms with Crippen molar-refractivity contribution < 1.29 is 9.47 Å². The van der Waals surface area contributed by atoms with E-state index in [9.17, 15) is 0 Å². The molecule has 2 nitrogen and oxygen atoms in total. The first-order chi connectivity index (χ1) is 14.9. The minimum Gasteiger partial charge on any atom is -0.488 e. The van der Waals surface area contributed by atoms with Crippen molar-refractivity contribution in [1.82, 2.24) is 0 Å². The Kier molecular flexibility index (Phi) is 5.05. The minimum absolute atomic E-state index is 0.527. The summed E-state index contributed by atoms with van der Waals surface area (Å²) in [5, 5.41) is 4.26. The molecule has 30 heavy (non-hydrogen) atoms. The molecule has 146 valence electrons. The lowest BCUT2D eigenvalue weighted by molar-refractivity contribution is 0.308. The van der Waals surface area contributed by atoms with Crippen molar-refractivity contribution in [2.24, 2.45) is 0 Å². The van der Waals surface area contributed by atoms with E-state index >= 15 is 0 Å². The fraction of sp³-hybridized carbons (Fsp3) is 0.0714. The SMILES string of the molecule is c1ccc(COc2c3ccccc3c(OCc3ccccc3)c3ccccc23)cc1. The molecule has 0 atom stereocenters. The van der Waals surface area contributed by atoms with Gasteiger partial charge in [-0.1, -0.05) is 109 Å². The van der Waals surface area contributed by atoms with Crippen LogP contribution < -0.4 is 9.47 Å². The first-order valence-corrected chi connectivity index (χ1v) is 10.2. The van der Waals surface area contributed by atoms with E-state index in [-0.39, 0.29) is 0 Å². The number of rotatable bonds is 6. The van der Waals surface area contributed by atoms with Gasteiger partial charge in [-0.2, -0.15) is 0 Å². The van der Waals surface area contributed by atoms with Crippen LogP contribution in [-0.2, 0) is 13.2 Å². The molecule has 0 aliphatic heterocycles. The van der Waals surface area contributed by atoms with Crippen molar-refractivity contribution in [2.75, 3.05) is 0 Å². The van der Waals surface area contributed by atoms with Crippen LogP contribution in [0.1, 0.15) is 11.1 Å². The van der Waals surface area contributed by atoms with E-state index in [1.54, 1.807) is 0 Å². The second-order valence-corrected chi connectivity index (χ2v) is 7.30. The number of ether oxygens (including phenoxy) is 2. The monoisotopic (exact) mass is 390 g/mol. The Morgan fingerprint density at radius 3 is 1.00 bits per heavy atom. The summed E-state index contributed by atoms with van der Waals surface area (Å²) in [6.45, 7) is 1.05. The summed E-state index contributed by atoms with van der Waals surface area (Å²) in [4.78, 5) is 0. The van der Waals surface area contributed by atoms with Gasteiger partial charge < -0.3 is 9.47 Å². The molecule has 5 rings (SSSR count). The summed E-state index contributed by atoms with van der Waals surface area (Å²) >= 11 is 0. The van der Waals surface area contributed by atoms with Gasteiger partial charge in [-0.15, -0.1) is 0 Å². The Morgan fingerprint density at radius 2 is 0.667 bits per heavy atom. The fourth-order valence-corrected chi connectivity index (χ4v) is 3.82. The smallest absolute Gasteiger partial charge is 0.135 e. The van der Waals surface area contributed by atoms with E-state index in [1.165, 1.54) is 0 Å². The second-order valence-electron chi connectivity index (χ2n) is 7.30. The number of hydrogen-bond acceptors (Lipinski definition) is 2. The van der Waals surface area contributed by atoms with E-state index in [1.807, 2.05) is 60.7 Å². The summed E-state index contributed by atoms with van der Waals surface area (Å²) in [6.07, 6.45) is 0. The molecule has 0 saturated carbocycles. The molecule has 0 N–H and O–H groups in total. The highest BCUT2D eigenvalue weighted by Gasteiger charge is 2.16. The Labute approximate surface area is 176 Å². The largest absolute Gasteiger partial charge is 0.488 e. The van der Waals surface area contributed by atoms with Gasteiger partial charge in [-0.25, -0.2) is 0 Å². The average Bonchev–Trinajstić information content (AvgIpc) is 2.82. The van der Waals surface area contributed by atoms with Gasteiger partial charge in [-0.3, -0.25) is 0 Å². The minimum atomic E-state index is 0.527. The van der Waals surface area contributed by atoms with Crippen LogP contribution in [0.4, 0.5) is 0 Å². The number of fused-ring (bicyclic) bond motifs is 2. The molecule has 0 saturated heterocycles. The van der Waals surface area contributed by atoms with Gasteiger partial charge in [0.15, 0.2) is 0 Å². The van der Waals surface area contributed by atoms with Crippen LogP contribution in [0.25, 0.3) is 21.5 Å². The molecule has 0 aliphatic carbocycles. The third-order valence-electron chi connectivity index (χ3n) is 5.28. The Balaban J connectivity index is 1.60. The quantitative estimate of drug-likeness (QED) is 0.287. The standard InChI is InChI=1S/C28H22O2/c1-3-11-21(12-4-1)19-29-27-23-15-7-9-17-25(23)28(26-18-10-8-16-24(26)27)30-20-22-13-5-2-6-14-22/h1-18H,19-20H2. The van der Waals surface area contributed by atoms with Crippen LogP contribution in [0.3, 0.4) is 0 Å². The zero-order valence-electron chi connectivity index (χ0n) is 16.6. The molecule has 0 radical (unpaired) electrons. The molecule has 5 aromatic carbocycles. The first kappa shape index (κ1) is 18.3. The van der Waals surface area contributed by atoms with Crippen molar-refractivity contribution in [3.63, 3.8) is 0 Å². The van der Waals surface area contributed by atoms with Gasteiger partial charge in [0.1, 0.15) is 24.7 Å². The van der Waals surface area contributed by atoms with Crippen LogP contribution in [0.15, 0.2) is 109 Å². The summed E-state index contributed by atoms with van der Waals surface area (Å²) in [6, 6.07) is 37.2. The highest BCUT2D eigenvalue weighted by Crippen LogP contribution is 2.43. The van der Waals surface area contributed by atoms with E-state index in [0.29, 0.717) is 13.2 Å². The highest BCUT2D eigenvalue weighted by molar-refractivity contribution is 6.11. The molecular formula is C28H22O2. The zero-order valence-corrected chi connectivity index (χ0v) is 16.6. The lowest BCUT2D eigenvalue weighted by Crippen LogP contribution is -2.00. The summed E-state index contributed by atoms with van der Waals surface area (Å²) in [7, 11) is 0.